The fraction of sp³-hybridized carbons (Fsp3) is 0.500. The summed E-state index contributed by atoms with van der Waals surface area (Å²) in [5, 5.41) is 17.8. The maximum Gasteiger partial charge on any atom is 0.493 e. The molecular weight excluding hydrogens is 218 g/mol. The summed E-state index contributed by atoms with van der Waals surface area (Å²) in [4.78, 5) is 7.67. The van der Waals surface area contributed by atoms with Crippen molar-refractivity contribution < 1.29 is 14.8 Å². The Kier molecular flexibility index (Phi) is 3.09. The standard InChI is InChI=1S/C8H10BClN2O3/c10-7-6(9(13)14)4-11-8(12-7)15-5-2-1-3-5/h4-5,13-14H,1-3H2. The molecule has 1 saturated carbocycles. The van der Waals surface area contributed by atoms with Gasteiger partial charge in [0.05, 0.1) is 0 Å². The Hall–Kier alpha value is -0.845. The van der Waals surface area contributed by atoms with Crippen molar-refractivity contribution in [3.63, 3.8) is 0 Å². The molecular formula is C8H10BClN2O3. The lowest BCUT2D eigenvalue weighted by atomic mass is 9.83. The van der Waals surface area contributed by atoms with E-state index in [-0.39, 0.29) is 22.7 Å². The minimum absolute atomic E-state index is 0.00863. The highest BCUT2D eigenvalue weighted by molar-refractivity contribution is 6.62. The molecule has 1 heterocycles. The normalized spacial score (nSPS) is 15.9. The molecule has 1 aliphatic carbocycles. The van der Waals surface area contributed by atoms with Gasteiger partial charge in [-0.25, -0.2) is 4.98 Å². The third-order valence-corrected chi connectivity index (χ3v) is 2.65. The first-order valence-corrected chi connectivity index (χ1v) is 5.10. The van der Waals surface area contributed by atoms with Crippen LogP contribution in [0.3, 0.4) is 0 Å². The van der Waals surface area contributed by atoms with Crippen LogP contribution in [0.15, 0.2) is 6.20 Å². The highest BCUT2D eigenvalue weighted by Gasteiger charge is 2.22. The van der Waals surface area contributed by atoms with E-state index < -0.39 is 7.12 Å². The van der Waals surface area contributed by atoms with Crippen LogP contribution in [0.4, 0.5) is 0 Å². The molecule has 0 saturated heterocycles. The highest BCUT2D eigenvalue weighted by Crippen LogP contribution is 2.23. The number of aromatic nitrogens is 2. The van der Waals surface area contributed by atoms with Crippen molar-refractivity contribution in [2.75, 3.05) is 0 Å². The molecule has 0 spiro atoms. The van der Waals surface area contributed by atoms with Crippen LogP contribution in [-0.4, -0.2) is 33.2 Å². The maximum absolute atomic E-state index is 8.88. The quantitative estimate of drug-likeness (QED) is 0.551. The molecule has 1 aromatic rings. The summed E-state index contributed by atoms with van der Waals surface area (Å²) < 4.78 is 5.40. The Morgan fingerprint density at radius 3 is 2.67 bits per heavy atom. The van der Waals surface area contributed by atoms with Gasteiger partial charge < -0.3 is 14.8 Å². The highest BCUT2D eigenvalue weighted by atomic mass is 35.5. The Labute approximate surface area is 92.2 Å². The van der Waals surface area contributed by atoms with Gasteiger partial charge in [0.1, 0.15) is 11.3 Å². The number of hydrogen-bond donors (Lipinski definition) is 2. The third-order valence-electron chi connectivity index (χ3n) is 2.35. The molecule has 0 bridgehead atoms. The average Bonchev–Trinajstić information content (AvgIpc) is 2.11. The summed E-state index contributed by atoms with van der Waals surface area (Å²) in [6, 6.07) is 0.189. The van der Waals surface area contributed by atoms with Crippen molar-refractivity contribution in [2.24, 2.45) is 0 Å². The van der Waals surface area contributed by atoms with Crippen molar-refractivity contribution >= 4 is 24.2 Å². The molecule has 0 amide bonds. The lowest BCUT2D eigenvalue weighted by Gasteiger charge is -2.25. The number of ether oxygens (including phenoxy) is 1. The number of rotatable bonds is 3. The Bertz CT molecular complexity index is 360. The van der Waals surface area contributed by atoms with Gasteiger partial charge >= 0.3 is 13.1 Å². The van der Waals surface area contributed by atoms with Crippen LogP contribution in [0.1, 0.15) is 19.3 Å². The lowest BCUT2D eigenvalue weighted by Crippen LogP contribution is -2.32. The van der Waals surface area contributed by atoms with Crippen molar-refractivity contribution in [3.05, 3.63) is 11.3 Å². The molecule has 1 fully saturated rings. The van der Waals surface area contributed by atoms with Crippen LogP contribution in [0.2, 0.25) is 5.15 Å². The van der Waals surface area contributed by atoms with E-state index in [2.05, 4.69) is 9.97 Å². The van der Waals surface area contributed by atoms with Crippen LogP contribution in [-0.2, 0) is 0 Å². The van der Waals surface area contributed by atoms with Gasteiger partial charge in [0.25, 0.3) is 0 Å². The van der Waals surface area contributed by atoms with Crippen LogP contribution in [0.25, 0.3) is 0 Å². The molecule has 2 N–H and O–H groups in total. The molecule has 1 aromatic heterocycles. The predicted molar refractivity (Wildman–Crippen MR) is 55.1 cm³/mol. The largest absolute Gasteiger partial charge is 0.493 e. The first kappa shape index (κ1) is 10.7. The predicted octanol–water partition coefficient (Wildman–Crippen LogP) is -0.259. The summed E-state index contributed by atoms with van der Waals surface area (Å²) in [5.74, 6) is 0. The monoisotopic (exact) mass is 228 g/mol. The second-order valence-corrected chi connectivity index (χ2v) is 3.80. The second kappa shape index (κ2) is 4.34. The summed E-state index contributed by atoms with van der Waals surface area (Å²) in [5.41, 5.74) is 0.0811. The Morgan fingerprint density at radius 2 is 2.20 bits per heavy atom. The molecule has 80 valence electrons. The molecule has 0 aromatic carbocycles. The van der Waals surface area contributed by atoms with Crippen LogP contribution >= 0.6 is 11.6 Å². The third kappa shape index (κ3) is 2.39. The van der Waals surface area contributed by atoms with Crippen molar-refractivity contribution in [1.82, 2.24) is 9.97 Å². The van der Waals surface area contributed by atoms with Gasteiger partial charge in [-0.3, -0.25) is 0 Å². The fourth-order valence-electron chi connectivity index (χ4n) is 1.22. The van der Waals surface area contributed by atoms with E-state index in [1.54, 1.807) is 0 Å². The SMILES string of the molecule is OB(O)c1cnc(OC2CCC2)nc1Cl. The van der Waals surface area contributed by atoms with Gasteiger partial charge in [-0.2, -0.15) is 4.98 Å². The summed E-state index contributed by atoms with van der Waals surface area (Å²) >= 11 is 5.72. The van der Waals surface area contributed by atoms with Crippen molar-refractivity contribution in [1.29, 1.82) is 0 Å². The first-order chi connectivity index (χ1) is 7.16. The lowest BCUT2D eigenvalue weighted by molar-refractivity contribution is 0.108. The molecule has 0 aliphatic heterocycles. The molecule has 2 rings (SSSR count). The second-order valence-electron chi connectivity index (χ2n) is 3.44. The molecule has 15 heavy (non-hydrogen) atoms. The van der Waals surface area contributed by atoms with E-state index in [4.69, 9.17) is 26.4 Å². The van der Waals surface area contributed by atoms with Crippen LogP contribution in [0.5, 0.6) is 6.01 Å². The van der Waals surface area contributed by atoms with Crippen LogP contribution < -0.4 is 10.2 Å². The minimum Gasteiger partial charge on any atom is -0.460 e. The zero-order chi connectivity index (χ0) is 10.8. The Morgan fingerprint density at radius 1 is 1.47 bits per heavy atom. The van der Waals surface area contributed by atoms with E-state index in [9.17, 15) is 0 Å². The minimum atomic E-state index is -1.66. The van der Waals surface area contributed by atoms with E-state index in [0.29, 0.717) is 0 Å². The van der Waals surface area contributed by atoms with Gasteiger partial charge in [0.2, 0.25) is 0 Å². The fourth-order valence-corrected chi connectivity index (χ4v) is 1.44. The molecule has 0 radical (unpaired) electrons. The zero-order valence-corrected chi connectivity index (χ0v) is 8.68. The van der Waals surface area contributed by atoms with E-state index in [1.807, 2.05) is 0 Å². The molecule has 5 nitrogen and oxygen atoms in total. The van der Waals surface area contributed by atoms with Gasteiger partial charge in [0.15, 0.2) is 0 Å². The molecule has 1 aliphatic rings. The van der Waals surface area contributed by atoms with Crippen LogP contribution in [0, 0.1) is 0 Å². The van der Waals surface area contributed by atoms with Gasteiger partial charge in [0, 0.05) is 11.7 Å². The molecule has 0 atom stereocenters. The van der Waals surface area contributed by atoms with Gasteiger partial charge in [-0.15, -0.1) is 0 Å². The van der Waals surface area contributed by atoms with Crippen molar-refractivity contribution in [3.8, 4) is 6.01 Å². The van der Waals surface area contributed by atoms with Crippen molar-refractivity contribution in [2.45, 2.75) is 25.4 Å². The summed E-state index contributed by atoms with van der Waals surface area (Å²) in [6.07, 6.45) is 4.60. The number of halogens is 1. The van der Waals surface area contributed by atoms with E-state index in [1.165, 1.54) is 6.20 Å². The topological polar surface area (TPSA) is 75.5 Å². The summed E-state index contributed by atoms with van der Waals surface area (Å²) in [6.45, 7) is 0. The van der Waals surface area contributed by atoms with Gasteiger partial charge in [-0.05, 0) is 19.3 Å². The maximum atomic E-state index is 8.88. The number of nitrogens with zero attached hydrogens (tertiary/aromatic N) is 2. The number of hydrogen-bond acceptors (Lipinski definition) is 5. The zero-order valence-electron chi connectivity index (χ0n) is 7.93. The Balaban J connectivity index is 2.10. The van der Waals surface area contributed by atoms with Gasteiger partial charge in [-0.1, -0.05) is 11.6 Å². The smallest absolute Gasteiger partial charge is 0.460 e. The van der Waals surface area contributed by atoms with E-state index in [0.717, 1.165) is 19.3 Å². The molecule has 0 unspecified atom stereocenters. The summed E-state index contributed by atoms with van der Waals surface area (Å²) in [7, 11) is -1.66. The van der Waals surface area contributed by atoms with E-state index >= 15 is 0 Å². The first-order valence-electron chi connectivity index (χ1n) is 4.72. The average molecular weight is 228 g/mol. The molecule has 7 heteroatoms.